The quantitative estimate of drug-likeness (QED) is 0.0676. The van der Waals surface area contributed by atoms with Crippen LogP contribution in [-0.4, -0.2) is 103 Å². The van der Waals surface area contributed by atoms with Crippen LogP contribution in [-0.2, 0) is 48.8 Å². The Hall–Kier alpha value is -2.60. The van der Waals surface area contributed by atoms with Crippen molar-refractivity contribution >= 4 is 62.6 Å². The van der Waals surface area contributed by atoms with Gasteiger partial charge in [-0.2, -0.15) is 8.42 Å². The van der Waals surface area contributed by atoms with E-state index in [1.165, 1.54) is 11.9 Å². The first-order chi connectivity index (χ1) is 24.9. The third kappa shape index (κ3) is 13.0. The molecule has 2 N–H and O–H groups in total. The molecule has 0 bridgehead atoms. The smallest absolute Gasteiger partial charge is 1.00 e. The number of unbranched alkanes of at least 4 members (excludes halogenated alkanes) is 3. The summed E-state index contributed by atoms with van der Waals surface area (Å²) in [5.41, 5.74) is 3.05. The first-order valence-electron chi connectivity index (χ1n) is 17.4. The summed E-state index contributed by atoms with van der Waals surface area (Å²) in [7, 11) is -2.63. The average Bonchev–Trinajstić information content (AvgIpc) is 3.12. The van der Waals surface area contributed by atoms with Crippen LogP contribution in [0.15, 0.2) is 42.6 Å². The van der Waals surface area contributed by atoms with E-state index in [9.17, 15) is 22.8 Å². The third-order valence-electron chi connectivity index (χ3n) is 9.07. The number of ether oxygens (including phenoxy) is 3. The summed E-state index contributed by atoms with van der Waals surface area (Å²) in [4.78, 5) is 41.9. The van der Waals surface area contributed by atoms with Crippen molar-refractivity contribution < 1.29 is 72.5 Å². The molecule has 0 radical (unpaired) electrons. The molecule has 1 saturated heterocycles. The second kappa shape index (κ2) is 20.4. The number of pyridine rings is 1. The first-order valence-corrected chi connectivity index (χ1v) is 19.8. The Morgan fingerprint density at radius 3 is 2.47 bits per heavy atom. The van der Waals surface area contributed by atoms with Crippen LogP contribution in [0.4, 0.5) is 0 Å². The molecule has 2 amide bonds. The summed E-state index contributed by atoms with van der Waals surface area (Å²) in [5.74, 6) is -0.734. The minimum atomic E-state index is -4.13. The Morgan fingerprint density at radius 2 is 1.77 bits per heavy atom. The summed E-state index contributed by atoms with van der Waals surface area (Å²) in [6.07, 6.45) is 4.37. The number of amides is 2. The number of nitrogens with zero attached hydrogens (tertiary/aromatic N) is 3. The van der Waals surface area contributed by atoms with Crippen LogP contribution in [0.25, 0.3) is 10.9 Å². The van der Waals surface area contributed by atoms with E-state index in [1.807, 2.05) is 28.8 Å². The van der Waals surface area contributed by atoms with E-state index in [2.05, 4.69) is 10.2 Å². The third-order valence-corrected chi connectivity index (χ3v) is 10.5. The molecule has 1 atom stereocenters. The van der Waals surface area contributed by atoms with Gasteiger partial charge >= 0.3 is 35.5 Å². The standard InChI is InChI=1S/C36H45ClN4O9S2.Na.H/c1-39(14-17-52(45,46)47)32(42)6-4-2-3-5-7-33(43)49-24-28-22-41-23-30(36(44)38-20-25-8-10-27(37)11-9-25)35(51)29-18-26(19-31(50-28)34(29)41)21-40-12-15-48-16-13-40;;/h8-11,18-19,23,28H,2-7,12-17,20-22,24H2,1H3,(H,38,44)(H,45,46,47);;/q;+1;-1. The number of aromatic nitrogens is 1. The Morgan fingerprint density at radius 1 is 1.08 bits per heavy atom. The number of esters is 1. The second-order valence-electron chi connectivity index (χ2n) is 13.2. The normalized spacial score (nSPS) is 15.6. The molecular formula is C36H46ClN4NaO9S2. The fourth-order valence-electron chi connectivity index (χ4n) is 6.19. The van der Waals surface area contributed by atoms with E-state index in [0.29, 0.717) is 66.5 Å². The van der Waals surface area contributed by atoms with Gasteiger partial charge in [0.1, 0.15) is 12.4 Å². The van der Waals surface area contributed by atoms with Crippen LogP contribution in [0.1, 0.15) is 61.4 Å². The first kappa shape index (κ1) is 43.1. The zero-order valence-corrected chi connectivity index (χ0v) is 34.6. The molecule has 13 nitrogen and oxygen atoms in total. The number of rotatable bonds is 17. The Balaban J connectivity index is 0.00000392. The molecular weight excluding hydrogens is 755 g/mol. The van der Waals surface area contributed by atoms with Crippen LogP contribution >= 0.6 is 23.8 Å². The van der Waals surface area contributed by atoms with Crippen LogP contribution < -0.4 is 39.6 Å². The molecule has 53 heavy (non-hydrogen) atoms. The Labute approximate surface area is 343 Å². The van der Waals surface area contributed by atoms with Crippen LogP contribution in [0, 0.1) is 4.51 Å². The van der Waals surface area contributed by atoms with E-state index < -0.39 is 22.0 Å². The van der Waals surface area contributed by atoms with Gasteiger partial charge in [-0.05, 0) is 48.2 Å². The molecule has 2 aliphatic rings. The molecule has 17 heteroatoms. The molecule has 1 unspecified atom stereocenters. The van der Waals surface area contributed by atoms with Crippen molar-refractivity contribution in [3.8, 4) is 5.75 Å². The van der Waals surface area contributed by atoms with E-state index in [0.717, 1.165) is 48.0 Å². The average molecular weight is 801 g/mol. The number of morpholine rings is 1. The van der Waals surface area contributed by atoms with Crippen molar-refractivity contribution in [3.05, 3.63) is 68.8 Å². The number of hydrogen-bond donors (Lipinski definition) is 2. The predicted octanol–water partition coefficient (Wildman–Crippen LogP) is 1.89. The molecule has 0 saturated carbocycles. The molecule has 5 rings (SSSR count). The number of carbonyl (C=O) groups excluding carboxylic acids is 3. The number of carbonyl (C=O) groups is 3. The second-order valence-corrected chi connectivity index (χ2v) is 15.6. The van der Waals surface area contributed by atoms with E-state index >= 15 is 0 Å². The van der Waals surface area contributed by atoms with E-state index in [4.69, 9.17) is 42.6 Å². The minimum Gasteiger partial charge on any atom is -1.00 e. The van der Waals surface area contributed by atoms with E-state index in [1.54, 1.807) is 18.3 Å². The SMILES string of the molecule is CN(CCS(=O)(=O)O)C(=O)CCCCCCC(=O)OCC1Cn2cc(C(=O)NCc3ccc(Cl)cc3)c(=S)c3cc(CN4CCOCC4)cc(c32)O1.[H-].[Na+]. The Kier molecular flexibility index (Phi) is 16.6. The molecule has 1 aromatic heterocycles. The fourth-order valence-corrected chi connectivity index (χ4v) is 7.12. The van der Waals surface area contributed by atoms with Gasteiger partial charge in [0.05, 0.1) is 41.1 Å². The van der Waals surface area contributed by atoms with Crippen LogP contribution in [0.5, 0.6) is 5.75 Å². The molecule has 3 aromatic rings. The van der Waals surface area contributed by atoms with Crippen molar-refractivity contribution in [1.82, 2.24) is 19.7 Å². The topological polar surface area (TPSA) is 157 Å². The number of nitrogens with one attached hydrogen (secondary N) is 1. The largest absolute Gasteiger partial charge is 1.00 e. The van der Waals surface area contributed by atoms with Crippen molar-refractivity contribution in [2.24, 2.45) is 0 Å². The van der Waals surface area contributed by atoms with Crippen LogP contribution in [0.2, 0.25) is 5.02 Å². The van der Waals surface area contributed by atoms with Crippen LogP contribution in [0.3, 0.4) is 0 Å². The predicted molar refractivity (Wildman–Crippen MR) is 200 cm³/mol. The fraction of sp³-hybridized carbons (Fsp3) is 0.500. The monoisotopic (exact) mass is 800 g/mol. The summed E-state index contributed by atoms with van der Waals surface area (Å²) in [6, 6.07) is 11.3. The summed E-state index contributed by atoms with van der Waals surface area (Å²) in [5, 5.41) is 4.34. The number of halogens is 1. The molecule has 2 aromatic carbocycles. The van der Waals surface area contributed by atoms with Crippen molar-refractivity contribution in [3.63, 3.8) is 0 Å². The van der Waals surface area contributed by atoms with Gasteiger partial charge in [0.25, 0.3) is 16.0 Å². The van der Waals surface area contributed by atoms with Crippen molar-refractivity contribution in [1.29, 1.82) is 0 Å². The number of hydrogen-bond acceptors (Lipinski definition) is 10. The zero-order chi connectivity index (χ0) is 37.3. The van der Waals surface area contributed by atoms with Gasteiger partial charge in [0.2, 0.25) is 5.91 Å². The molecule has 1 fully saturated rings. The molecule has 2 aliphatic heterocycles. The maximum atomic E-state index is 13.5. The van der Waals surface area contributed by atoms with Gasteiger partial charge in [-0.25, -0.2) is 0 Å². The van der Waals surface area contributed by atoms with E-state index in [-0.39, 0.29) is 74.8 Å². The minimum absolute atomic E-state index is 0. The Bertz CT molecular complexity index is 1930. The molecule has 284 valence electrons. The summed E-state index contributed by atoms with van der Waals surface area (Å²) in [6.45, 7) is 4.20. The van der Waals surface area contributed by atoms with Gasteiger partial charge in [-0.15, -0.1) is 0 Å². The van der Waals surface area contributed by atoms with Gasteiger partial charge in [-0.3, -0.25) is 23.8 Å². The van der Waals surface area contributed by atoms with Gasteiger partial charge < -0.3 is 30.4 Å². The van der Waals surface area contributed by atoms with Crippen molar-refractivity contribution in [2.75, 3.05) is 52.3 Å². The molecule has 3 heterocycles. The zero-order valence-electron chi connectivity index (χ0n) is 31.2. The molecule has 0 aliphatic carbocycles. The maximum Gasteiger partial charge on any atom is 1.00 e. The van der Waals surface area contributed by atoms with Crippen molar-refractivity contribution in [2.45, 2.75) is 64.3 Å². The van der Waals surface area contributed by atoms with Gasteiger partial charge in [0.15, 0.2) is 6.10 Å². The molecule has 0 spiro atoms. The van der Waals surface area contributed by atoms with Gasteiger partial charge in [0, 0.05) is 69.2 Å². The summed E-state index contributed by atoms with van der Waals surface area (Å²) >= 11 is 11.9. The number of benzene rings is 2. The summed E-state index contributed by atoms with van der Waals surface area (Å²) < 4.78 is 50.6. The van der Waals surface area contributed by atoms with Gasteiger partial charge in [-0.1, -0.05) is 48.8 Å². The maximum absolute atomic E-state index is 13.5.